The minimum absolute atomic E-state index is 0.0223. The van der Waals surface area contributed by atoms with Gasteiger partial charge in [-0.05, 0) is 48.9 Å². The van der Waals surface area contributed by atoms with E-state index in [1.54, 1.807) is 17.0 Å². The third kappa shape index (κ3) is 4.87. The predicted octanol–water partition coefficient (Wildman–Crippen LogP) is 5.56. The Labute approximate surface area is 209 Å². The average Bonchev–Trinajstić information content (AvgIpc) is 3.57. The molecule has 184 valence electrons. The van der Waals surface area contributed by atoms with E-state index >= 15 is 0 Å². The van der Waals surface area contributed by atoms with Crippen molar-refractivity contribution in [3.05, 3.63) is 64.7 Å². The summed E-state index contributed by atoms with van der Waals surface area (Å²) in [5, 5.41) is 9.64. The maximum Gasteiger partial charge on any atom is 0.414 e. The number of carboxylic acids is 1. The number of nitrogens with zero attached hydrogens (tertiary/aromatic N) is 2. The lowest BCUT2D eigenvalue weighted by Gasteiger charge is -2.47. The van der Waals surface area contributed by atoms with Crippen molar-refractivity contribution in [1.29, 1.82) is 0 Å². The van der Waals surface area contributed by atoms with E-state index in [1.165, 1.54) is 0 Å². The van der Waals surface area contributed by atoms with E-state index in [0.29, 0.717) is 10.7 Å². The zero-order chi connectivity index (χ0) is 24.5. The number of fused-ring (bicyclic) bond motifs is 2. The maximum absolute atomic E-state index is 13.4. The summed E-state index contributed by atoms with van der Waals surface area (Å²) < 4.78 is 5.74. The number of carbonyl (C=O) groups is 3. The number of carbonyl (C=O) groups excluding carboxylic acids is 2. The van der Waals surface area contributed by atoms with E-state index in [9.17, 15) is 14.4 Å². The molecular weight excluding hydrogens is 468 g/mol. The second kappa shape index (κ2) is 9.90. The average molecular weight is 497 g/mol. The SMILES string of the molecule is O=C(O)CCC(=O)N(C1CC1)[C@H]1c2ccc(Cl)cc2N(C(=O)OCc2ccccc2)[C@H]2CCC[C@H]21. The fourth-order valence-corrected chi connectivity index (χ4v) is 5.87. The smallest absolute Gasteiger partial charge is 0.414 e. The highest BCUT2D eigenvalue weighted by molar-refractivity contribution is 6.31. The van der Waals surface area contributed by atoms with Crippen molar-refractivity contribution in [2.75, 3.05) is 4.90 Å². The Kier molecular flexibility index (Phi) is 6.69. The van der Waals surface area contributed by atoms with Crippen LogP contribution in [0.2, 0.25) is 5.02 Å². The van der Waals surface area contributed by atoms with Crippen molar-refractivity contribution < 1.29 is 24.2 Å². The Morgan fingerprint density at radius 2 is 1.80 bits per heavy atom. The topological polar surface area (TPSA) is 87.2 Å². The largest absolute Gasteiger partial charge is 0.481 e. The lowest BCUT2D eigenvalue weighted by molar-refractivity contribution is -0.142. The summed E-state index contributed by atoms with van der Waals surface area (Å²) in [7, 11) is 0. The summed E-state index contributed by atoms with van der Waals surface area (Å²) in [6, 6.07) is 14.9. The second-order valence-corrected chi connectivity index (χ2v) is 10.1. The molecule has 0 radical (unpaired) electrons. The summed E-state index contributed by atoms with van der Waals surface area (Å²) in [6.45, 7) is 0.175. The molecule has 0 unspecified atom stereocenters. The molecule has 2 saturated carbocycles. The van der Waals surface area contributed by atoms with Crippen LogP contribution in [0.1, 0.15) is 62.1 Å². The molecule has 2 fully saturated rings. The number of anilines is 1. The van der Waals surface area contributed by atoms with Crippen LogP contribution in [0, 0.1) is 5.92 Å². The molecule has 3 atom stereocenters. The second-order valence-electron chi connectivity index (χ2n) is 9.65. The zero-order valence-corrected chi connectivity index (χ0v) is 20.2. The summed E-state index contributed by atoms with van der Waals surface area (Å²) in [4.78, 5) is 41.5. The van der Waals surface area contributed by atoms with Crippen LogP contribution in [-0.4, -0.2) is 40.1 Å². The number of aliphatic carboxylic acids is 1. The first-order valence-electron chi connectivity index (χ1n) is 12.3. The van der Waals surface area contributed by atoms with Gasteiger partial charge < -0.3 is 14.7 Å². The van der Waals surface area contributed by atoms with Gasteiger partial charge in [-0.15, -0.1) is 0 Å². The molecule has 35 heavy (non-hydrogen) atoms. The maximum atomic E-state index is 13.4. The molecule has 1 heterocycles. The van der Waals surface area contributed by atoms with Gasteiger partial charge in [0, 0.05) is 29.4 Å². The number of halogens is 1. The molecule has 2 aromatic carbocycles. The van der Waals surface area contributed by atoms with Gasteiger partial charge in [-0.1, -0.05) is 54.4 Å². The molecule has 5 rings (SSSR count). The molecule has 0 spiro atoms. The van der Waals surface area contributed by atoms with E-state index in [4.69, 9.17) is 21.4 Å². The molecule has 3 aliphatic rings. The zero-order valence-electron chi connectivity index (χ0n) is 19.4. The molecule has 0 aromatic heterocycles. The third-order valence-electron chi connectivity index (χ3n) is 7.32. The first-order valence-corrected chi connectivity index (χ1v) is 12.6. The number of benzene rings is 2. The van der Waals surface area contributed by atoms with Crippen LogP contribution in [-0.2, 0) is 20.9 Å². The molecule has 2 aliphatic carbocycles. The van der Waals surface area contributed by atoms with Gasteiger partial charge in [-0.25, -0.2) is 4.79 Å². The van der Waals surface area contributed by atoms with E-state index in [0.717, 1.165) is 43.2 Å². The Morgan fingerprint density at radius 1 is 1.03 bits per heavy atom. The van der Waals surface area contributed by atoms with Crippen LogP contribution in [0.5, 0.6) is 0 Å². The highest BCUT2D eigenvalue weighted by Gasteiger charge is 2.51. The Balaban J connectivity index is 1.49. The van der Waals surface area contributed by atoms with Gasteiger partial charge >= 0.3 is 12.1 Å². The fourth-order valence-electron chi connectivity index (χ4n) is 5.70. The van der Waals surface area contributed by atoms with Gasteiger partial charge in [0.05, 0.1) is 18.2 Å². The molecule has 1 N–H and O–H groups in total. The van der Waals surface area contributed by atoms with Gasteiger partial charge in [-0.2, -0.15) is 0 Å². The van der Waals surface area contributed by atoms with Crippen molar-refractivity contribution in [3.63, 3.8) is 0 Å². The molecule has 8 heteroatoms. The highest BCUT2D eigenvalue weighted by Crippen LogP contribution is 2.53. The van der Waals surface area contributed by atoms with Crippen molar-refractivity contribution >= 4 is 35.3 Å². The number of amides is 2. The van der Waals surface area contributed by atoms with Gasteiger partial charge in [0.2, 0.25) is 5.91 Å². The van der Waals surface area contributed by atoms with Crippen LogP contribution < -0.4 is 4.90 Å². The molecule has 1 aliphatic heterocycles. The van der Waals surface area contributed by atoms with Crippen LogP contribution in [0.15, 0.2) is 48.5 Å². The van der Waals surface area contributed by atoms with E-state index < -0.39 is 12.1 Å². The molecule has 0 saturated heterocycles. The van der Waals surface area contributed by atoms with Gasteiger partial charge in [0.25, 0.3) is 0 Å². The summed E-state index contributed by atoms with van der Waals surface area (Å²) in [5.74, 6) is -1.05. The van der Waals surface area contributed by atoms with E-state index in [1.807, 2.05) is 41.3 Å². The van der Waals surface area contributed by atoms with Gasteiger partial charge in [0.15, 0.2) is 0 Å². The van der Waals surface area contributed by atoms with Crippen molar-refractivity contribution in [1.82, 2.24) is 4.90 Å². The lowest BCUT2D eigenvalue weighted by Crippen LogP contribution is -2.53. The monoisotopic (exact) mass is 496 g/mol. The molecule has 7 nitrogen and oxygen atoms in total. The first kappa shape index (κ1) is 23.7. The standard InChI is InChI=1S/C27H29ClN2O5/c28-18-9-12-21-23(15-18)30(27(34)35-16-17-5-2-1-3-6-17)22-8-4-7-20(22)26(21)29(19-10-11-19)24(31)13-14-25(32)33/h1-3,5-6,9,12,15,19-20,22,26H,4,7-8,10-11,13-14,16H2,(H,32,33)/t20-,22+,26-/m1/s1. The third-order valence-corrected chi connectivity index (χ3v) is 7.56. The van der Waals surface area contributed by atoms with E-state index in [2.05, 4.69) is 0 Å². The van der Waals surface area contributed by atoms with Crippen LogP contribution in [0.25, 0.3) is 0 Å². The molecule has 2 amide bonds. The molecule has 2 aromatic rings. The van der Waals surface area contributed by atoms with Crippen LogP contribution >= 0.6 is 11.6 Å². The summed E-state index contributed by atoms with van der Waals surface area (Å²) in [5.41, 5.74) is 2.47. The number of hydrogen-bond donors (Lipinski definition) is 1. The number of ether oxygens (including phenoxy) is 1. The predicted molar refractivity (Wildman–Crippen MR) is 131 cm³/mol. The molecular formula is C27H29ClN2O5. The van der Waals surface area contributed by atoms with Gasteiger partial charge in [0.1, 0.15) is 6.61 Å². The summed E-state index contributed by atoms with van der Waals surface area (Å²) in [6.07, 6.45) is 3.85. The number of carboxylic acid groups (broad SMARTS) is 1. The number of rotatable bonds is 7. The number of hydrogen-bond acceptors (Lipinski definition) is 4. The minimum Gasteiger partial charge on any atom is -0.481 e. The molecule has 0 bridgehead atoms. The lowest BCUT2D eigenvalue weighted by atomic mass is 9.81. The normalized spacial score (nSPS) is 22.8. The van der Waals surface area contributed by atoms with Gasteiger partial charge in [-0.3, -0.25) is 14.5 Å². The van der Waals surface area contributed by atoms with Crippen molar-refractivity contribution in [3.8, 4) is 0 Å². The minimum atomic E-state index is -0.976. The first-order chi connectivity index (χ1) is 16.9. The Morgan fingerprint density at radius 3 is 2.51 bits per heavy atom. The Bertz CT molecular complexity index is 1120. The highest BCUT2D eigenvalue weighted by atomic mass is 35.5. The van der Waals surface area contributed by atoms with Crippen LogP contribution in [0.4, 0.5) is 10.5 Å². The quantitative estimate of drug-likeness (QED) is 0.542. The van der Waals surface area contributed by atoms with Crippen molar-refractivity contribution in [2.45, 2.75) is 69.7 Å². The van der Waals surface area contributed by atoms with Crippen molar-refractivity contribution in [2.24, 2.45) is 5.92 Å². The van der Waals surface area contributed by atoms with E-state index in [-0.39, 0.29) is 49.4 Å². The fraction of sp³-hybridized carbons (Fsp3) is 0.444. The Hall–Kier alpha value is -3.06. The summed E-state index contributed by atoms with van der Waals surface area (Å²) >= 11 is 6.39. The van der Waals surface area contributed by atoms with Crippen LogP contribution in [0.3, 0.4) is 0 Å².